The first-order valence-corrected chi connectivity index (χ1v) is 12.2. The van der Waals surface area contributed by atoms with Gasteiger partial charge in [-0.05, 0) is 61.1 Å². The summed E-state index contributed by atoms with van der Waals surface area (Å²) in [6, 6.07) is 13.8. The maximum atomic E-state index is 12.7. The fourth-order valence-corrected chi connectivity index (χ4v) is 6.17. The van der Waals surface area contributed by atoms with Gasteiger partial charge in [0.15, 0.2) is 0 Å². The van der Waals surface area contributed by atoms with Gasteiger partial charge in [0.25, 0.3) is 0 Å². The van der Waals surface area contributed by atoms with Crippen LogP contribution in [0.3, 0.4) is 0 Å². The van der Waals surface area contributed by atoms with Gasteiger partial charge in [0.1, 0.15) is 0 Å². The van der Waals surface area contributed by atoms with E-state index in [2.05, 4.69) is 22.8 Å². The van der Waals surface area contributed by atoms with Crippen LogP contribution in [0.2, 0.25) is 0 Å². The van der Waals surface area contributed by atoms with Gasteiger partial charge in [-0.2, -0.15) is 0 Å². The molecule has 0 unspecified atom stereocenters. The van der Waals surface area contributed by atoms with Crippen LogP contribution < -0.4 is 15.5 Å². The average Bonchev–Trinajstić information content (AvgIpc) is 3.15. The molecular formula is C25H27N3O4S. The van der Waals surface area contributed by atoms with Crippen LogP contribution in [0.4, 0.5) is 11.4 Å². The Morgan fingerprint density at radius 1 is 1.06 bits per heavy atom. The molecule has 3 heterocycles. The van der Waals surface area contributed by atoms with Crippen molar-refractivity contribution in [1.82, 2.24) is 5.32 Å². The second-order valence-electron chi connectivity index (χ2n) is 8.82. The minimum absolute atomic E-state index is 0.102. The number of hydrogen-bond acceptors (Lipinski definition) is 5. The SMILES string of the molecule is O=C(NCC1(Sc2ccccc2)CCOCC1)C(=O)Nc1cc2c3c(c1)CC(=O)N3CCC2. The first-order chi connectivity index (χ1) is 16.0. The highest BCUT2D eigenvalue weighted by molar-refractivity contribution is 8.00. The molecule has 3 aliphatic heterocycles. The molecule has 3 aliphatic rings. The number of carbonyl (C=O) groups is 3. The van der Waals surface area contributed by atoms with Crippen LogP contribution in [0, 0.1) is 0 Å². The number of benzene rings is 2. The van der Waals surface area contributed by atoms with Crippen molar-refractivity contribution in [2.45, 2.75) is 41.7 Å². The predicted octanol–water partition coefficient (Wildman–Crippen LogP) is 2.92. The third kappa shape index (κ3) is 4.63. The van der Waals surface area contributed by atoms with E-state index in [-0.39, 0.29) is 10.7 Å². The molecule has 5 rings (SSSR count). The Morgan fingerprint density at radius 3 is 2.61 bits per heavy atom. The zero-order valence-electron chi connectivity index (χ0n) is 18.4. The molecule has 8 heteroatoms. The molecular weight excluding hydrogens is 438 g/mol. The van der Waals surface area contributed by atoms with Gasteiger partial charge >= 0.3 is 11.8 Å². The number of amides is 3. The Bertz CT molecular complexity index is 1080. The number of hydrogen-bond donors (Lipinski definition) is 2. The van der Waals surface area contributed by atoms with Gasteiger partial charge in [-0.3, -0.25) is 14.4 Å². The van der Waals surface area contributed by atoms with E-state index >= 15 is 0 Å². The van der Waals surface area contributed by atoms with Gasteiger partial charge < -0.3 is 20.3 Å². The molecule has 33 heavy (non-hydrogen) atoms. The Balaban J connectivity index is 1.24. The summed E-state index contributed by atoms with van der Waals surface area (Å²) in [6.45, 7) is 2.41. The zero-order valence-corrected chi connectivity index (χ0v) is 19.2. The molecule has 2 N–H and O–H groups in total. The normalized spacial score (nSPS) is 18.5. The lowest BCUT2D eigenvalue weighted by Crippen LogP contribution is -2.47. The molecule has 3 amide bonds. The summed E-state index contributed by atoms with van der Waals surface area (Å²) in [6.07, 6.45) is 3.71. The Kier molecular flexibility index (Phi) is 6.12. The molecule has 0 bridgehead atoms. The number of ether oxygens (including phenoxy) is 1. The van der Waals surface area contributed by atoms with Crippen LogP contribution >= 0.6 is 11.8 Å². The van der Waals surface area contributed by atoms with Crippen molar-refractivity contribution in [3.63, 3.8) is 0 Å². The van der Waals surface area contributed by atoms with Crippen LogP contribution in [-0.4, -0.2) is 48.8 Å². The Morgan fingerprint density at radius 2 is 1.82 bits per heavy atom. The first-order valence-electron chi connectivity index (χ1n) is 11.4. The number of rotatable bonds is 5. The maximum absolute atomic E-state index is 12.7. The average molecular weight is 466 g/mol. The quantitative estimate of drug-likeness (QED) is 0.663. The first kappa shape index (κ1) is 22.0. The number of aryl methyl sites for hydroxylation is 1. The summed E-state index contributed by atoms with van der Waals surface area (Å²) >= 11 is 1.73. The lowest BCUT2D eigenvalue weighted by molar-refractivity contribution is -0.136. The highest BCUT2D eigenvalue weighted by Crippen LogP contribution is 2.40. The van der Waals surface area contributed by atoms with E-state index in [0.29, 0.717) is 31.9 Å². The van der Waals surface area contributed by atoms with E-state index in [0.717, 1.165) is 53.9 Å². The van der Waals surface area contributed by atoms with Crippen molar-refractivity contribution < 1.29 is 19.1 Å². The van der Waals surface area contributed by atoms with Gasteiger partial charge in [0, 0.05) is 41.6 Å². The van der Waals surface area contributed by atoms with Crippen molar-refractivity contribution in [3.05, 3.63) is 53.6 Å². The molecule has 7 nitrogen and oxygen atoms in total. The van der Waals surface area contributed by atoms with E-state index in [1.54, 1.807) is 11.8 Å². The molecule has 0 spiro atoms. The molecule has 0 aromatic heterocycles. The van der Waals surface area contributed by atoms with E-state index in [1.807, 2.05) is 35.2 Å². The van der Waals surface area contributed by atoms with Crippen LogP contribution in [-0.2, 0) is 32.0 Å². The van der Waals surface area contributed by atoms with E-state index < -0.39 is 11.8 Å². The van der Waals surface area contributed by atoms with E-state index in [1.165, 1.54) is 0 Å². The third-order valence-corrected chi connectivity index (χ3v) is 8.02. The van der Waals surface area contributed by atoms with Gasteiger partial charge in [0.2, 0.25) is 5.91 Å². The number of anilines is 2. The van der Waals surface area contributed by atoms with Crippen LogP contribution in [0.15, 0.2) is 47.4 Å². The largest absolute Gasteiger partial charge is 0.381 e. The fourth-order valence-electron chi connectivity index (χ4n) is 4.86. The highest BCUT2D eigenvalue weighted by atomic mass is 32.2. The zero-order chi connectivity index (χ0) is 22.8. The van der Waals surface area contributed by atoms with Crippen molar-refractivity contribution in [2.24, 2.45) is 0 Å². The Hall–Kier alpha value is -2.84. The summed E-state index contributed by atoms with van der Waals surface area (Å²) in [5.41, 5.74) is 3.54. The highest BCUT2D eigenvalue weighted by Gasteiger charge is 2.35. The predicted molar refractivity (Wildman–Crippen MR) is 128 cm³/mol. The molecule has 1 saturated heterocycles. The summed E-state index contributed by atoms with van der Waals surface area (Å²) in [5, 5.41) is 5.59. The van der Waals surface area contributed by atoms with Gasteiger partial charge in [0.05, 0.1) is 12.1 Å². The van der Waals surface area contributed by atoms with Gasteiger partial charge in [-0.15, -0.1) is 11.8 Å². The van der Waals surface area contributed by atoms with E-state index in [9.17, 15) is 14.4 Å². The third-order valence-electron chi connectivity index (χ3n) is 6.53. The van der Waals surface area contributed by atoms with Crippen LogP contribution in [0.1, 0.15) is 30.4 Å². The molecule has 0 aliphatic carbocycles. The number of carbonyl (C=O) groups excluding carboxylic acids is 3. The minimum atomic E-state index is -0.689. The summed E-state index contributed by atoms with van der Waals surface area (Å²) in [5.74, 6) is -1.24. The van der Waals surface area contributed by atoms with Crippen LogP contribution in [0.5, 0.6) is 0 Å². The summed E-state index contributed by atoms with van der Waals surface area (Å²) < 4.78 is 5.33. The van der Waals surface area contributed by atoms with Gasteiger partial charge in [-0.25, -0.2) is 0 Å². The van der Waals surface area contributed by atoms with Gasteiger partial charge in [-0.1, -0.05) is 18.2 Å². The fraction of sp³-hybridized carbons (Fsp3) is 0.400. The molecule has 2 aromatic rings. The monoisotopic (exact) mass is 465 g/mol. The van der Waals surface area contributed by atoms with Crippen molar-refractivity contribution >= 4 is 40.9 Å². The van der Waals surface area contributed by atoms with Crippen molar-refractivity contribution in [1.29, 1.82) is 0 Å². The summed E-state index contributed by atoms with van der Waals surface area (Å²) in [7, 11) is 0. The van der Waals surface area contributed by atoms with Crippen molar-refractivity contribution in [3.8, 4) is 0 Å². The smallest absolute Gasteiger partial charge is 0.313 e. The minimum Gasteiger partial charge on any atom is -0.381 e. The molecule has 0 radical (unpaired) electrons. The lowest BCUT2D eigenvalue weighted by Gasteiger charge is -2.36. The molecule has 0 saturated carbocycles. The van der Waals surface area contributed by atoms with Crippen molar-refractivity contribution in [2.75, 3.05) is 36.5 Å². The lowest BCUT2D eigenvalue weighted by atomic mass is 9.99. The number of thioether (sulfide) groups is 1. The standard InChI is InChI=1S/C25H27N3O4S/c29-21-15-18-14-19(13-17-5-4-10-28(21)22(17)18)27-24(31)23(30)26-16-25(8-11-32-12-9-25)33-20-6-2-1-3-7-20/h1-3,6-7,13-14H,4-5,8-12,15-16H2,(H,26,30)(H,27,31). The topological polar surface area (TPSA) is 87.7 Å². The number of nitrogens with zero attached hydrogens (tertiary/aromatic N) is 1. The second-order valence-corrected chi connectivity index (χ2v) is 10.4. The summed E-state index contributed by atoms with van der Waals surface area (Å²) in [4.78, 5) is 40.5. The number of nitrogens with one attached hydrogen (secondary N) is 2. The molecule has 1 fully saturated rings. The van der Waals surface area contributed by atoms with E-state index in [4.69, 9.17) is 4.74 Å². The molecule has 2 aromatic carbocycles. The maximum Gasteiger partial charge on any atom is 0.313 e. The second kappa shape index (κ2) is 9.19. The van der Waals surface area contributed by atoms with Crippen LogP contribution in [0.25, 0.3) is 0 Å². The molecule has 0 atom stereocenters. The Labute approximate surface area is 197 Å². The molecule has 172 valence electrons.